The average Bonchev–Trinajstić information content (AvgIpc) is 2.90. The zero-order chi connectivity index (χ0) is 14.7. The topological polar surface area (TPSA) is 87.6 Å². The molecule has 0 spiro atoms. The van der Waals surface area contributed by atoms with Crippen molar-refractivity contribution in [1.29, 1.82) is 0 Å². The SMILES string of the molecule is O=C(Nc1cnns1)N1CCOc2ccc(CO)cc2C1. The van der Waals surface area contributed by atoms with Gasteiger partial charge in [-0.2, -0.15) is 0 Å². The minimum Gasteiger partial charge on any atom is -0.491 e. The number of aliphatic hydroxyl groups is 1. The Balaban J connectivity index is 1.76. The van der Waals surface area contributed by atoms with Crippen molar-refractivity contribution >= 4 is 22.6 Å². The van der Waals surface area contributed by atoms with Crippen LogP contribution < -0.4 is 10.1 Å². The van der Waals surface area contributed by atoms with E-state index in [-0.39, 0.29) is 12.6 Å². The molecule has 8 heteroatoms. The molecule has 1 aromatic carbocycles. The van der Waals surface area contributed by atoms with E-state index in [0.29, 0.717) is 24.7 Å². The van der Waals surface area contributed by atoms with Crippen LogP contribution in [0.4, 0.5) is 9.80 Å². The lowest BCUT2D eigenvalue weighted by Gasteiger charge is -2.19. The summed E-state index contributed by atoms with van der Waals surface area (Å²) in [6, 6.07) is 5.29. The Labute approximate surface area is 125 Å². The predicted octanol–water partition coefficient (Wildman–Crippen LogP) is 1.46. The number of aromatic nitrogens is 2. The highest BCUT2D eigenvalue weighted by Crippen LogP contribution is 2.25. The second-order valence-corrected chi connectivity index (χ2v) is 5.37. The number of urea groups is 1. The van der Waals surface area contributed by atoms with E-state index in [4.69, 9.17) is 4.74 Å². The quantitative estimate of drug-likeness (QED) is 0.877. The van der Waals surface area contributed by atoms with E-state index < -0.39 is 0 Å². The summed E-state index contributed by atoms with van der Waals surface area (Å²) in [4.78, 5) is 13.9. The number of amides is 2. The Morgan fingerprint density at radius 2 is 2.43 bits per heavy atom. The molecule has 2 aromatic rings. The van der Waals surface area contributed by atoms with Crippen LogP contribution in [0.1, 0.15) is 11.1 Å². The Morgan fingerprint density at radius 1 is 1.52 bits per heavy atom. The third-order valence-electron chi connectivity index (χ3n) is 3.17. The van der Waals surface area contributed by atoms with Crippen molar-refractivity contribution in [2.24, 2.45) is 0 Å². The normalized spacial score (nSPS) is 14.0. The maximum atomic E-state index is 12.2. The molecule has 0 saturated heterocycles. The molecule has 0 fully saturated rings. The average molecular weight is 306 g/mol. The first kappa shape index (κ1) is 13.8. The number of carbonyl (C=O) groups is 1. The van der Waals surface area contributed by atoms with Crippen LogP contribution in [0.25, 0.3) is 0 Å². The molecular formula is C13H14N4O3S. The fraction of sp³-hybridized carbons (Fsp3) is 0.308. The molecular weight excluding hydrogens is 292 g/mol. The van der Waals surface area contributed by atoms with Crippen LogP contribution in [-0.2, 0) is 13.2 Å². The Bertz CT molecular complexity index is 632. The Morgan fingerprint density at radius 3 is 3.19 bits per heavy atom. The van der Waals surface area contributed by atoms with Gasteiger partial charge in [0.25, 0.3) is 0 Å². The second kappa shape index (κ2) is 6.06. The van der Waals surface area contributed by atoms with Crippen LogP contribution in [0.5, 0.6) is 5.75 Å². The van der Waals surface area contributed by atoms with Crippen molar-refractivity contribution in [3.05, 3.63) is 35.5 Å². The first-order chi connectivity index (χ1) is 10.3. The fourth-order valence-corrected chi connectivity index (χ4v) is 2.54. The highest BCUT2D eigenvalue weighted by atomic mass is 32.1. The van der Waals surface area contributed by atoms with Gasteiger partial charge < -0.3 is 14.7 Å². The summed E-state index contributed by atoms with van der Waals surface area (Å²) in [6.07, 6.45) is 1.51. The summed E-state index contributed by atoms with van der Waals surface area (Å²) in [5.41, 5.74) is 1.68. The predicted molar refractivity (Wildman–Crippen MR) is 77.2 cm³/mol. The highest BCUT2D eigenvalue weighted by Gasteiger charge is 2.20. The van der Waals surface area contributed by atoms with Crippen molar-refractivity contribution in [2.45, 2.75) is 13.2 Å². The molecule has 2 N–H and O–H groups in total. The lowest BCUT2D eigenvalue weighted by atomic mass is 10.1. The molecule has 1 aliphatic heterocycles. The van der Waals surface area contributed by atoms with Crippen LogP contribution in [0, 0.1) is 0 Å². The van der Waals surface area contributed by atoms with Crippen LogP contribution in [0.15, 0.2) is 24.4 Å². The van der Waals surface area contributed by atoms with E-state index >= 15 is 0 Å². The number of benzene rings is 1. The van der Waals surface area contributed by atoms with Crippen LogP contribution in [-0.4, -0.2) is 38.8 Å². The van der Waals surface area contributed by atoms with E-state index in [0.717, 1.165) is 28.4 Å². The maximum Gasteiger partial charge on any atom is 0.322 e. The van der Waals surface area contributed by atoms with Gasteiger partial charge in [-0.15, -0.1) is 5.10 Å². The third kappa shape index (κ3) is 3.11. The summed E-state index contributed by atoms with van der Waals surface area (Å²) < 4.78 is 9.34. The first-order valence-electron chi connectivity index (χ1n) is 6.45. The van der Waals surface area contributed by atoms with Gasteiger partial charge >= 0.3 is 6.03 Å². The van der Waals surface area contributed by atoms with Crippen molar-refractivity contribution in [1.82, 2.24) is 14.5 Å². The maximum absolute atomic E-state index is 12.2. The molecule has 7 nitrogen and oxygen atoms in total. The largest absolute Gasteiger partial charge is 0.491 e. The molecule has 0 bridgehead atoms. The Hall–Kier alpha value is -2.19. The number of anilines is 1. The summed E-state index contributed by atoms with van der Waals surface area (Å²) in [5.74, 6) is 0.752. The van der Waals surface area contributed by atoms with Gasteiger partial charge in [0, 0.05) is 17.1 Å². The number of ether oxygens (including phenoxy) is 1. The van der Waals surface area contributed by atoms with Crippen LogP contribution in [0.2, 0.25) is 0 Å². The van der Waals surface area contributed by atoms with E-state index in [1.54, 1.807) is 4.90 Å². The smallest absolute Gasteiger partial charge is 0.322 e. The number of nitrogens with zero attached hydrogens (tertiary/aromatic N) is 3. The number of fused-ring (bicyclic) bond motifs is 1. The van der Waals surface area contributed by atoms with Gasteiger partial charge in [-0.25, -0.2) is 4.79 Å². The van der Waals surface area contributed by atoms with E-state index in [1.807, 2.05) is 18.2 Å². The van der Waals surface area contributed by atoms with Gasteiger partial charge in [0.1, 0.15) is 17.4 Å². The number of rotatable bonds is 2. The second-order valence-electron chi connectivity index (χ2n) is 4.58. The molecule has 0 radical (unpaired) electrons. The molecule has 0 unspecified atom stereocenters. The molecule has 1 aromatic heterocycles. The van der Waals surface area contributed by atoms with Gasteiger partial charge in [0.2, 0.25) is 0 Å². The molecule has 2 heterocycles. The standard InChI is InChI=1S/C13H14N4O3S/c18-8-9-1-2-11-10(5-9)7-17(3-4-20-11)13(19)15-12-6-14-16-21-12/h1-2,5-6,18H,3-4,7-8H2,(H,15,19). The summed E-state index contributed by atoms with van der Waals surface area (Å²) in [5, 5.41) is 16.3. The van der Waals surface area contributed by atoms with E-state index in [2.05, 4.69) is 14.9 Å². The summed E-state index contributed by atoms with van der Waals surface area (Å²) in [6.45, 7) is 1.31. The molecule has 110 valence electrons. The third-order valence-corrected chi connectivity index (χ3v) is 3.75. The number of hydrogen-bond donors (Lipinski definition) is 2. The molecule has 0 aliphatic carbocycles. The number of nitrogens with one attached hydrogen (secondary N) is 1. The minimum absolute atomic E-state index is 0.0357. The lowest BCUT2D eigenvalue weighted by molar-refractivity contribution is 0.200. The number of carbonyl (C=O) groups excluding carboxylic acids is 1. The van der Waals surface area contributed by atoms with Crippen LogP contribution in [0.3, 0.4) is 0 Å². The summed E-state index contributed by atoms with van der Waals surface area (Å²) >= 11 is 1.13. The molecule has 2 amide bonds. The lowest BCUT2D eigenvalue weighted by Crippen LogP contribution is -2.35. The zero-order valence-electron chi connectivity index (χ0n) is 11.2. The molecule has 0 saturated carbocycles. The van der Waals surface area contributed by atoms with E-state index in [1.165, 1.54) is 6.20 Å². The zero-order valence-corrected chi connectivity index (χ0v) is 12.0. The summed E-state index contributed by atoms with van der Waals surface area (Å²) in [7, 11) is 0. The number of hydrogen-bond acceptors (Lipinski definition) is 6. The van der Waals surface area contributed by atoms with E-state index in [9.17, 15) is 9.90 Å². The van der Waals surface area contributed by atoms with Crippen molar-refractivity contribution < 1.29 is 14.6 Å². The highest BCUT2D eigenvalue weighted by molar-refractivity contribution is 7.10. The molecule has 0 atom stereocenters. The van der Waals surface area contributed by atoms with Crippen LogP contribution >= 0.6 is 11.5 Å². The molecule has 21 heavy (non-hydrogen) atoms. The van der Waals surface area contributed by atoms with Gasteiger partial charge in [0.05, 0.1) is 25.9 Å². The first-order valence-corrected chi connectivity index (χ1v) is 7.22. The Kier molecular flexibility index (Phi) is 3.98. The molecule has 1 aliphatic rings. The van der Waals surface area contributed by atoms with Crippen molar-refractivity contribution in [2.75, 3.05) is 18.5 Å². The van der Waals surface area contributed by atoms with Crippen molar-refractivity contribution in [3.63, 3.8) is 0 Å². The van der Waals surface area contributed by atoms with Gasteiger partial charge in [-0.1, -0.05) is 10.6 Å². The van der Waals surface area contributed by atoms with Gasteiger partial charge in [-0.3, -0.25) is 5.32 Å². The minimum atomic E-state index is -0.216. The monoisotopic (exact) mass is 306 g/mol. The fourth-order valence-electron chi connectivity index (χ4n) is 2.13. The van der Waals surface area contributed by atoms with Gasteiger partial charge in [0.15, 0.2) is 0 Å². The van der Waals surface area contributed by atoms with Crippen molar-refractivity contribution in [3.8, 4) is 5.75 Å². The number of aliphatic hydroxyl groups excluding tert-OH is 1. The molecule has 3 rings (SSSR count). The van der Waals surface area contributed by atoms with Gasteiger partial charge in [-0.05, 0) is 17.7 Å².